The van der Waals surface area contributed by atoms with Crippen LogP contribution < -0.4 is 6.15 Å². The average Bonchev–Trinajstić information content (AvgIpc) is 2.35. The van der Waals surface area contributed by atoms with E-state index < -0.39 is 0 Å². The van der Waals surface area contributed by atoms with Gasteiger partial charge in [0.15, 0.2) is 0 Å². The topological polar surface area (TPSA) is 35.0 Å². The van der Waals surface area contributed by atoms with Gasteiger partial charge >= 0.3 is 0 Å². The van der Waals surface area contributed by atoms with Crippen molar-refractivity contribution in [3.63, 3.8) is 0 Å². The van der Waals surface area contributed by atoms with Crippen molar-refractivity contribution in [1.29, 1.82) is 0 Å². The molecular weight excluding hydrogens is 278 g/mol. The Balaban J connectivity index is 0.00000110. The van der Waals surface area contributed by atoms with Crippen molar-refractivity contribution in [2.24, 2.45) is 28.6 Å². The summed E-state index contributed by atoms with van der Waals surface area (Å²) in [5.41, 5.74) is 1.52. The first-order valence-corrected chi connectivity index (χ1v) is 9.19. The van der Waals surface area contributed by atoms with Gasteiger partial charge in [0, 0.05) is 0 Å². The summed E-state index contributed by atoms with van der Waals surface area (Å²) in [7, 11) is 0. The Bertz CT molecular complexity index is 308. The van der Waals surface area contributed by atoms with Crippen LogP contribution in [-0.2, 0) is 0 Å². The van der Waals surface area contributed by atoms with E-state index in [1.54, 1.807) is 32.1 Å². The minimum Gasteiger partial charge on any atom is -0.344 e. The molecule has 1 nitrogen and oxygen atoms in total. The van der Waals surface area contributed by atoms with Crippen molar-refractivity contribution < 1.29 is 0 Å². The maximum Gasteiger partial charge on any atom is -0.0212 e. The van der Waals surface area contributed by atoms with Gasteiger partial charge in [-0.1, -0.05) is 40.0 Å². The molecule has 0 spiro atoms. The van der Waals surface area contributed by atoms with Crippen LogP contribution >= 0.6 is 12.4 Å². The van der Waals surface area contributed by atoms with Gasteiger partial charge in [0.25, 0.3) is 0 Å². The molecule has 0 saturated heterocycles. The predicted octanol–water partition coefficient (Wildman–Crippen LogP) is 6.78. The largest absolute Gasteiger partial charge is 0.344 e. The molecule has 2 heteroatoms. The van der Waals surface area contributed by atoms with E-state index >= 15 is 0 Å². The highest BCUT2D eigenvalue weighted by Crippen LogP contribution is 2.72. The smallest absolute Gasteiger partial charge is 0.0212 e. The Morgan fingerprint density at radius 3 is 1.67 bits per heavy atom. The van der Waals surface area contributed by atoms with E-state index in [1.165, 1.54) is 38.5 Å². The Hall–Kier alpha value is 0.250. The molecule has 21 heavy (non-hydrogen) atoms. The molecule has 0 heterocycles. The van der Waals surface area contributed by atoms with E-state index in [0.29, 0.717) is 0 Å². The first-order chi connectivity index (χ1) is 9.19. The number of halogens is 1. The molecule has 0 amide bonds. The van der Waals surface area contributed by atoms with Gasteiger partial charge in [-0.3, -0.25) is 0 Å². The van der Waals surface area contributed by atoms with Gasteiger partial charge in [-0.25, -0.2) is 0 Å². The second-order valence-electron chi connectivity index (χ2n) is 8.23. The molecule has 4 aliphatic rings. The average molecular weight is 316 g/mol. The maximum atomic E-state index is 2.43. The molecule has 0 aromatic carbocycles. The molecule has 3 N–H and O–H groups in total. The van der Waals surface area contributed by atoms with Crippen molar-refractivity contribution in [2.45, 2.75) is 91.4 Å². The molecule has 4 aliphatic carbocycles. The number of hydrogen-bond acceptors (Lipinski definition) is 1. The lowest BCUT2D eigenvalue weighted by atomic mass is 9.36. The molecule has 4 fully saturated rings. The van der Waals surface area contributed by atoms with E-state index in [2.05, 4.69) is 20.8 Å². The molecule has 0 aliphatic heterocycles. The van der Waals surface area contributed by atoms with Gasteiger partial charge in [0.2, 0.25) is 0 Å². The maximum absolute atomic E-state index is 2.43. The van der Waals surface area contributed by atoms with Crippen LogP contribution in [0.1, 0.15) is 91.4 Å². The second kappa shape index (κ2) is 7.21. The lowest BCUT2D eigenvalue weighted by Gasteiger charge is -2.69. The highest BCUT2D eigenvalue weighted by atomic mass is 35.5. The lowest BCUT2D eigenvalue weighted by molar-refractivity contribution is -0.190. The third-order valence-corrected chi connectivity index (χ3v) is 7.22. The van der Waals surface area contributed by atoms with Crippen LogP contribution in [0.25, 0.3) is 0 Å². The van der Waals surface area contributed by atoms with Crippen LogP contribution in [-0.4, -0.2) is 0 Å². The fraction of sp³-hybridized carbons (Fsp3) is 1.00. The van der Waals surface area contributed by atoms with Crippen molar-refractivity contribution in [3.8, 4) is 0 Å². The third-order valence-electron chi connectivity index (χ3n) is 7.22. The van der Waals surface area contributed by atoms with Gasteiger partial charge in [-0.2, -0.15) is 0 Å². The molecule has 2 unspecified atom stereocenters. The van der Waals surface area contributed by atoms with Crippen LogP contribution in [0.4, 0.5) is 0 Å². The van der Waals surface area contributed by atoms with E-state index in [0.717, 1.165) is 28.6 Å². The molecule has 4 bridgehead atoms. The van der Waals surface area contributed by atoms with Crippen LogP contribution in [0, 0.1) is 28.6 Å². The standard InChI is InChI=1S/C19H34.ClH.H3N/c1-4-7-18-13-15-10-16(14-18)12-17(11-15)19(18,8-5-2)9-6-3;;/h15-17H,4-14H2,1-3H3;1H;1H3. The quantitative estimate of drug-likeness (QED) is 0.575. The molecule has 2 atom stereocenters. The van der Waals surface area contributed by atoms with Gasteiger partial charge < -0.3 is 6.15 Å². The highest BCUT2D eigenvalue weighted by Gasteiger charge is 2.63. The zero-order valence-corrected chi connectivity index (χ0v) is 15.4. The Kier molecular flexibility index (Phi) is 6.63. The van der Waals surface area contributed by atoms with Crippen LogP contribution in [0.2, 0.25) is 0 Å². The van der Waals surface area contributed by atoms with E-state index in [9.17, 15) is 0 Å². The molecule has 4 rings (SSSR count). The Morgan fingerprint density at radius 2 is 1.24 bits per heavy atom. The predicted molar refractivity (Wildman–Crippen MR) is 95.4 cm³/mol. The molecular formula is C19H38ClN. The van der Waals surface area contributed by atoms with Gasteiger partial charge in [-0.15, -0.1) is 12.4 Å². The summed E-state index contributed by atoms with van der Waals surface area (Å²) in [5.74, 6) is 3.34. The van der Waals surface area contributed by atoms with E-state index in [-0.39, 0.29) is 18.6 Å². The third kappa shape index (κ3) is 2.78. The van der Waals surface area contributed by atoms with Crippen LogP contribution in [0.3, 0.4) is 0 Å². The summed E-state index contributed by atoms with van der Waals surface area (Å²) < 4.78 is 0. The fourth-order valence-corrected chi connectivity index (χ4v) is 7.26. The zero-order valence-electron chi connectivity index (χ0n) is 14.6. The minimum atomic E-state index is 0. The van der Waals surface area contributed by atoms with Crippen molar-refractivity contribution in [1.82, 2.24) is 6.15 Å². The monoisotopic (exact) mass is 315 g/mol. The molecule has 126 valence electrons. The number of rotatable bonds is 6. The van der Waals surface area contributed by atoms with Gasteiger partial charge in [-0.05, 0) is 80.0 Å². The summed E-state index contributed by atoms with van der Waals surface area (Å²) in [6.07, 6.45) is 16.9. The van der Waals surface area contributed by atoms with Gasteiger partial charge in [0.1, 0.15) is 0 Å². The fourth-order valence-electron chi connectivity index (χ4n) is 7.26. The second-order valence-corrected chi connectivity index (χ2v) is 8.23. The summed E-state index contributed by atoms with van der Waals surface area (Å²) in [6, 6.07) is 0. The first kappa shape index (κ1) is 19.3. The van der Waals surface area contributed by atoms with Gasteiger partial charge in [0.05, 0.1) is 0 Å². The zero-order chi connectivity index (χ0) is 13.5. The van der Waals surface area contributed by atoms with Crippen LogP contribution in [0.5, 0.6) is 0 Å². The van der Waals surface area contributed by atoms with Crippen molar-refractivity contribution in [3.05, 3.63) is 0 Å². The SMILES string of the molecule is CCCC12CC3CC(CC(C3)C1(CCC)CCC)C2.Cl.N. The minimum absolute atomic E-state index is 0. The van der Waals surface area contributed by atoms with E-state index in [1.807, 2.05) is 0 Å². The number of hydrogen-bond donors (Lipinski definition) is 1. The Labute approximate surface area is 139 Å². The molecule has 0 aromatic rings. The molecule has 4 saturated carbocycles. The van der Waals surface area contributed by atoms with Crippen molar-refractivity contribution >= 4 is 12.4 Å². The molecule has 0 radical (unpaired) electrons. The summed E-state index contributed by atoms with van der Waals surface area (Å²) in [5, 5.41) is 0. The summed E-state index contributed by atoms with van der Waals surface area (Å²) in [4.78, 5) is 0. The van der Waals surface area contributed by atoms with E-state index in [4.69, 9.17) is 0 Å². The summed E-state index contributed by atoms with van der Waals surface area (Å²) >= 11 is 0. The van der Waals surface area contributed by atoms with Crippen LogP contribution in [0.15, 0.2) is 0 Å². The van der Waals surface area contributed by atoms with Crippen molar-refractivity contribution in [2.75, 3.05) is 0 Å². The Morgan fingerprint density at radius 1 is 0.762 bits per heavy atom. The first-order valence-electron chi connectivity index (χ1n) is 9.19. The lowest BCUT2D eigenvalue weighted by Crippen LogP contribution is -2.59. The molecule has 0 aromatic heterocycles. The summed E-state index contributed by atoms with van der Waals surface area (Å²) in [6.45, 7) is 7.30. The highest BCUT2D eigenvalue weighted by molar-refractivity contribution is 5.85. The normalized spacial score (nSPS) is 38.7.